The summed E-state index contributed by atoms with van der Waals surface area (Å²) in [5.41, 5.74) is 1.79. The number of aromatic nitrogens is 1. The molecule has 0 N–H and O–H groups in total. The highest BCUT2D eigenvalue weighted by molar-refractivity contribution is 6.30. The van der Waals surface area contributed by atoms with E-state index >= 15 is 0 Å². The molecule has 2 heterocycles. The first-order valence-corrected chi connectivity index (χ1v) is 5.91. The quantitative estimate of drug-likeness (QED) is 0.723. The molecule has 1 aliphatic rings. The summed E-state index contributed by atoms with van der Waals surface area (Å²) in [5, 5.41) is 11.4. The van der Waals surface area contributed by atoms with Gasteiger partial charge in [-0.15, -0.1) is 0 Å². The van der Waals surface area contributed by atoms with Gasteiger partial charge >= 0.3 is 0 Å². The predicted molar refractivity (Wildman–Crippen MR) is 68.3 cm³/mol. The van der Waals surface area contributed by atoms with Crippen molar-refractivity contribution in [3.63, 3.8) is 0 Å². The lowest BCUT2D eigenvalue weighted by molar-refractivity contribution is 0.620. The molecule has 0 saturated carbocycles. The van der Waals surface area contributed by atoms with E-state index in [0.717, 1.165) is 29.5 Å². The van der Waals surface area contributed by atoms with Crippen LogP contribution in [-0.4, -0.2) is 18.1 Å². The highest BCUT2D eigenvalue weighted by Gasteiger charge is 2.18. The van der Waals surface area contributed by atoms with Crippen LogP contribution >= 0.6 is 11.6 Å². The Labute approximate surface area is 104 Å². The highest BCUT2D eigenvalue weighted by atomic mass is 35.5. The summed E-state index contributed by atoms with van der Waals surface area (Å²) in [6, 6.07) is 7.81. The number of rotatable bonds is 1. The molecule has 3 rings (SSSR count). The summed E-state index contributed by atoms with van der Waals surface area (Å²) >= 11 is 5.89. The van der Waals surface area contributed by atoms with Crippen LogP contribution in [0.15, 0.2) is 24.4 Å². The third-order valence-electron chi connectivity index (χ3n) is 3.16. The number of hydrogen-bond donors (Lipinski definition) is 0. The summed E-state index contributed by atoms with van der Waals surface area (Å²) in [5.74, 6) is 0. The van der Waals surface area contributed by atoms with E-state index in [1.54, 1.807) is 12.3 Å². The van der Waals surface area contributed by atoms with Crippen LogP contribution in [0.5, 0.6) is 0 Å². The van der Waals surface area contributed by atoms with Crippen molar-refractivity contribution >= 4 is 28.1 Å². The van der Waals surface area contributed by atoms with Crippen molar-refractivity contribution in [3.05, 3.63) is 35.1 Å². The average Bonchev–Trinajstić information content (AvgIpc) is 2.26. The molecule has 1 aromatic heterocycles. The van der Waals surface area contributed by atoms with Crippen LogP contribution in [0.4, 0.5) is 5.69 Å². The van der Waals surface area contributed by atoms with Crippen molar-refractivity contribution in [1.29, 1.82) is 5.26 Å². The number of halogens is 1. The molecule has 17 heavy (non-hydrogen) atoms. The SMILES string of the molecule is N#Cc1ccc(N2CCC2)c2cnc(Cl)cc12. The minimum absolute atomic E-state index is 0.426. The lowest BCUT2D eigenvalue weighted by Crippen LogP contribution is -2.37. The molecule has 0 bridgehead atoms. The zero-order valence-corrected chi connectivity index (χ0v) is 9.91. The molecule has 3 nitrogen and oxygen atoms in total. The van der Waals surface area contributed by atoms with Crippen LogP contribution in [0.1, 0.15) is 12.0 Å². The first kappa shape index (κ1) is 10.4. The molecule has 1 aliphatic heterocycles. The number of pyridine rings is 1. The standard InChI is InChI=1S/C13H10ClN3/c14-13-6-10-9(7-15)2-3-12(11(10)8-16-13)17-4-1-5-17/h2-3,6,8H,1,4-5H2. The Morgan fingerprint density at radius 1 is 1.29 bits per heavy atom. The molecule has 84 valence electrons. The number of benzene rings is 1. The maximum atomic E-state index is 9.10. The number of fused-ring (bicyclic) bond motifs is 1. The Morgan fingerprint density at radius 3 is 2.76 bits per heavy atom. The Hall–Kier alpha value is -1.79. The van der Waals surface area contributed by atoms with E-state index in [-0.39, 0.29) is 0 Å². The van der Waals surface area contributed by atoms with Gasteiger partial charge in [-0.05, 0) is 24.6 Å². The summed E-state index contributed by atoms with van der Waals surface area (Å²) in [7, 11) is 0. The molecular formula is C13H10ClN3. The molecule has 2 aromatic rings. The predicted octanol–water partition coefficient (Wildman–Crippen LogP) is 2.97. The van der Waals surface area contributed by atoms with E-state index in [0.29, 0.717) is 10.7 Å². The van der Waals surface area contributed by atoms with E-state index in [1.165, 1.54) is 6.42 Å². The highest BCUT2D eigenvalue weighted by Crippen LogP contribution is 2.32. The third kappa shape index (κ3) is 1.62. The van der Waals surface area contributed by atoms with E-state index in [9.17, 15) is 0 Å². The molecule has 1 aromatic carbocycles. The van der Waals surface area contributed by atoms with Crippen molar-refractivity contribution in [2.75, 3.05) is 18.0 Å². The number of anilines is 1. The number of nitrogens with zero attached hydrogens (tertiary/aromatic N) is 3. The second-order valence-corrected chi connectivity index (χ2v) is 4.52. The van der Waals surface area contributed by atoms with E-state index in [2.05, 4.69) is 16.0 Å². The van der Waals surface area contributed by atoms with Crippen molar-refractivity contribution < 1.29 is 0 Å². The van der Waals surface area contributed by atoms with Gasteiger partial charge in [-0.2, -0.15) is 5.26 Å². The minimum Gasteiger partial charge on any atom is -0.371 e. The summed E-state index contributed by atoms with van der Waals surface area (Å²) < 4.78 is 0. The van der Waals surface area contributed by atoms with Gasteiger partial charge in [-0.25, -0.2) is 4.98 Å². The molecule has 0 amide bonds. The van der Waals surface area contributed by atoms with Crippen LogP contribution in [0, 0.1) is 11.3 Å². The molecule has 0 spiro atoms. The van der Waals surface area contributed by atoms with Gasteiger partial charge in [-0.1, -0.05) is 11.6 Å². The molecular weight excluding hydrogens is 234 g/mol. The fourth-order valence-electron chi connectivity index (χ4n) is 2.13. The first-order valence-electron chi connectivity index (χ1n) is 5.53. The minimum atomic E-state index is 0.426. The second-order valence-electron chi connectivity index (χ2n) is 4.14. The van der Waals surface area contributed by atoms with Crippen molar-refractivity contribution in [1.82, 2.24) is 4.98 Å². The normalized spacial score (nSPS) is 14.5. The van der Waals surface area contributed by atoms with Crippen molar-refractivity contribution in [3.8, 4) is 6.07 Å². The van der Waals surface area contributed by atoms with Gasteiger partial charge in [0.15, 0.2) is 0 Å². The first-order chi connectivity index (χ1) is 8.29. The van der Waals surface area contributed by atoms with Crippen LogP contribution in [0.2, 0.25) is 5.15 Å². The van der Waals surface area contributed by atoms with Crippen LogP contribution in [0.25, 0.3) is 10.8 Å². The molecule has 1 saturated heterocycles. The van der Waals surface area contributed by atoms with Crippen molar-refractivity contribution in [2.24, 2.45) is 0 Å². The Bertz CT molecular complexity index is 626. The molecule has 0 aliphatic carbocycles. The van der Waals surface area contributed by atoms with E-state index < -0.39 is 0 Å². The molecule has 0 atom stereocenters. The third-order valence-corrected chi connectivity index (χ3v) is 3.37. The van der Waals surface area contributed by atoms with Gasteiger partial charge in [-0.3, -0.25) is 0 Å². The van der Waals surface area contributed by atoms with E-state index in [1.807, 2.05) is 12.1 Å². The van der Waals surface area contributed by atoms with Crippen molar-refractivity contribution in [2.45, 2.75) is 6.42 Å². The topological polar surface area (TPSA) is 39.9 Å². The molecule has 0 unspecified atom stereocenters. The van der Waals surface area contributed by atoms with Gasteiger partial charge in [0, 0.05) is 35.7 Å². The van der Waals surface area contributed by atoms with Crippen LogP contribution < -0.4 is 4.90 Å². The molecule has 4 heteroatoms. The van der Waals surface area contributed by atoms with E-state index in [4.69, 9.17) is 16.9 Å². The second kappa shape index (κ2) is 3.90. The van der Waals surface area contributed by atoms with Gasteiger partial charge in [0.1, 0.15) is 5.15 Å². The fourth-order valence-corrected chi connectivity index (χ4v) is 2.29. The molecule has 1 fully saturated rings. The Morgan fingerprint density at radius 2 is 2.12 bits per heavy atom. The number of hydrogen-bond acceptors (Lipinski definition) is 3. The van der Waals surface area contributed by atoms with Crippen LogP contribution in [0.3, 0.4) is 0 Å². The van der Waals surface area contributed by atoms with Crippen LogP contribution in [-0.2, 0) is 0 Å². The molecule has 0 radical (unpaired) electrons. The maximum absolute atomic E-state index is 9.10. The lowest BCUT2D eigenvalue weighted by atomic mass is 10.0. The van der Waals surface area contributed by atoms with Gasteiger partial charge in [0.2, 0.25) is 0 Å². The maximum Gasteiger partial charge on any atom is 0.129 e. The zero-order valence-electron chi connectivity index (χ0n) is 9.15. The Kier molecular flexibility index (Phi) is 2.38. The largest absolute Gasteiger partial charge is 0.371 e. The summed E-state index contributed by atoms with van der Waals surface area (Å²) in [4.78, 5) is 6.40. The van der Waals surface area contributed by atoms with Gasteiger partial charge in [0.25, 0.3) is 0 Å². The average molecular weight is 244 g/mol. The Balaban J connectivity index is 2.29. The lowest BCUT2D eigenvalue weighted by Gasteiger charge is -2.34. The summed E-state index contributed by atoms with van der Waals surface area (Å²) in [6.45, 7) is 2.15. The van der Waals surface area contributed by atoms with Gasteiger partial charge in [0.05, 0.1) is 11.6 Å². The smallest absolute Gasteiger partial charge is 0.129 e. The number of nitriles is 1. The monoisotopic (exact) mass is 243 g/mol. The van der Waals surface area contributed by atoms with Gasteiger partial charge < -0.3 is 4.90 Å². The summed E-state index contributed by atoms with van der Waals surface area (Å²) in [6.07, 6.45) is 2.98. The zero-order chi connectivity index (χ0) is 11.8. The fraction of sp³-hybridized carbons (Fsp3) is 0.231.